The van der Waals surface area contributed by atoms with E-state index < -0.39 is 20.3 Å². The van der Waals surface area contributed by atoms with Gasteiger partial charge < -0.3 is 9.79 Å². The number of benzene rings is 2. The molecule has 2 unspecified atom stereocenters. The minimum absolute atomic E-state index is 0.0394. The van der Waals surface area contributed by atoms with Gasteiger partial charge in [-0.3, -0.25) is 14.0 Å². The number of nitrogens with zero attached hydrogens (tertiary/aromatic N) is 1. The van der Waals surface area contributed by atoms with Crippen molar-refractivity contribution in [1.29, 1.82) is 0 Å². The highest BCUT2D eigenvalue weighted by atomic mass is 31.2. The fourth-order valence-corrected chi connectivity index (χ4v) is 8.21. The highest BCUT2D eigenvalue weighted by Gasteiger charge is 2.46. The SMILES string of the molecule is CCP(=O)(O)C(N(Cc1ccccc1)Cc1ccccc1)P(=O)(O)CC. The molecule has 0 bridgehead atoms. The molecule has 5 nitrogen and oxygen atoms in total. The summed E-state index contributed by atoms with van der Waals surface area (Å²) >= 11 is 0. The number of rotatable bonds is 9. The molecular weight excluding hydrogens is 368 g/mol. The molecular formula is C19H27NO4P2. The molecule has 0 heterocycles. The maximum absolute atomic E-state index is 12.9. The van der Waals surface area contributed by atoms with Crippen molar-refractivity contribution in [2.45, 2.75) is 32.5 Å². The highest BCUT2D eigenvalue weighted by Crippen LogP contribution is 2.65. The van der Waals surface area contributed by atoms with E-state index in [0.29, 0.717) is 13.1 Å². The monoisotopic (exact) mass is 395 g/mol. The Morgan fingerprint density at radius 2 is 1.12 bits per heavy atom. The van der Waals surface area contributed by atoms with Gasteiger partial charge in [-0.15, -0.1) is 0 Å². The van der Waals surface area contributed by atoms with Gasteiger partial charge in [0.15, 0.2) is 5.52 Å². The van der Waals surface area contributed by atoms with Crippen LogP contribution in [0.4, 0.5) is 0 Å². The summed E-state index contributed by atoms with van der Waals surface area (Å²) in [6.45, 7) is 3.84. The second kappa shape index (κ2) is 9.12. The van der Waals surface area contributed by atoms with E-state index >= 15 is 0 Å². The van der Waals surface area contributed by atoms with Crippen LogP contribution in [0.5, 0.6) is 0 Å². The smallest absolute Gasteiger partial charge is 0.226 e. The molecule has 7 heteroatoms. The first-order valence-electron chi connectivity index (χ1n) is 8.75. The van der Waals surface area contributed by atoms with Gasteiger partial charge in [0.1, 0.15) is 0 Å². The first-order chi connectivity index (χ1) is 12.3. The van der Waals surface area contributed by atoms with E-state index in [4.69, 9.17) is 0 Å². The van der Waals surface area contributed by atoms with Crippen LogP contribution in [0.3, 0.4) is 0 Å². The third-order valence-corrected chi connectivity index (χ3v) is 10.5. The van der Waals surface area contributed by atoms with E-state index in [0.717, 1.165) is 11.1 Å². The van der Waals surface area contributed by atoms with Crippen LogP contribution in [0.1, 0.15) is 25.0 Å². The van der Waals surface area contributed by atoms with Crippen molar-refractivity contribution >= 4 is 14.7 Å². The summed E-state index contributed by atoms with van der Waals surface area (Å²) < 4.78 is 25.8. The topological polar surface area (TPSA) is 77.8 Å². The lowest BCUT2D eigenvalue weighted by Gasteiger charge is -2.36. The second-order valence-corrected chi connectivity index (χ2v) is 12.0. The van der Waals surface area contributed by atoms with Gasteiger partial charge in [-0.1, -0.05) is 74.5 Å². The number of hydrogen-bond acceptors (Lipinski definition) is 3. The molecule has 0 spiro atoms. The zero-order valence-electron chi connectivity index (χ0n) is 15.2. The molecule has 26 heavy (non-hydrogen) atoms. The van der Waals surface area contributed by atoms with Crippen molar-refractivity contribution in [3.05, 3.63) is 71.8 Å². The van der Waals surface area contributed by atoms with Gasteiger partial charge in [-0.2, -0.15) is 0 Å². The summed E-state index contributed by atoms with van der Waals surface area (Å²) in [7, 11) is -7.68. The summed E-state index contributed by atoms with van der Waals surface area (Å²) in [6.07, 6.45) is -0.0788. The molecule has 0 aliphatic rings. The zero-order chi connectivity index (χ0) is 19.2. The molecule has 0 aliphatic carbocycles. The molecule has 0 saturated carbocycles. The van der Waals surface area contributed by atoms with Crippen LogP contribution < -0.4 is 0 Å². The van der Waals surface area contributed by atoms with Crippen LogP contribution in [-0.2, 0) is 22.2 Å². The molecule has 0 fully saturated rings. The molecule has 2 N–H and O–H groups in total. The second-order valence-electron chi connectivity index (χ2n) is 6.37. The van der Waals surface area contributed by atoms with Crippen LogP contribution in [0.15, 0.2) is 60.7 Å². The van der Waals surface area contributed by atoms with Crippen LogP contribution in [0.2, 0.25) is 0 Å². The average molecular weight is 395 g/mol. The molecule has 0 aliphatic heterocycles. The van der Waals surface area contributed by atoms with Crippen LogP contribution in [-0.4, -0.2) is 32.5 Å². The quantitative estimate of drug-likeness (QED) is 0.609. The fourth-order valence-electron chi connectivity index (χ4n) is 2.97. The standard InChI is InChI=1S/C19H27NO4P2/c1-3-25(21,22)19(26(23,24)4-2)20(15-17-11-7-5-8-12-17)16-18-13-9-6-10-14-18/h5-14,19H,3-4,15-16H2,1-2H3,(H,21,22)(H,23,24). The van der Waals surface area contributed by atoms with E-state index in [9.17, 15) is 18.9 Å². The summed E-state index contributed by atoms with van der Waals surface area (Å²) in [4.78, 5) is 22.8. The van der Waals surface area contributed by atoms with Gasteiger partial charge in [0.25, 0.3) is 0 Å². The Morgan fingerprint density at radius 3 is 1.42 bits per heavy atom. The summed E-state index contributed by atoms with van der Waals surface area (Å²) in [5.74, 6) is 0. The molecule has 2 rings (SSSR count). The molecule has 2 aromatic carbocycles. The van der Waals surface area contributed by atoms with Gasteiger partial charge in [-0.25, -0.2) is 0 Å². The lowest BCUT2D eigenvalue weighted by atomic mass is 10.2. The third-order valence-electron chi connectivity index (χ3n) is 4.41. The average Bonchev–Trinajstić information content (AvgIpc) is 2.63. The fraction of sp³-hybridized carbons (Fsp3) is 0.368. The molecule has 2 aromatic rings. The maximum atomic E-state index is 12.9. The normalized spacial score (nSPS) is 17.4. The zero-order valence-corrected chi connectivity index (χ0v) is 17.0. The van der Waals surface area contributed by atoms with E-state index in [2.05, 4.69) is 0 Å². The van der Waals surface area contributed by atoms with Gasteiger partial charge in [0.05, 0.1) is 0 Å². The predicted octanol–water partition coefficient (Wildman–Crippen LogP) is 4.55. The third kappa shape index (κ3) is 5.39. The Kier molecular flexibility index (Phi) is 7.40. The highest BCUT2D eigenvalue weighted by molar-refractivity contribution is 7.76. The summed E-state index contributed by atoms with van der Waals surface area (Å²) in [5, 5.41) is 0. The number of hydrogen-bond donors (Lipinski definition) is 2. The van der Waals surface area contributed by atoms with Crippen LogP contribution in [0.25, 0.3) is 0 Å². The first kappa shape index (κ1) is 21.1. The van der Waals surface area contributed by atoms with E-state index in [1.54, 1.807) is 18.7 Å². The Hall–Kier alpha value is -1.22. The van der Waals surface area contributed by atoms with Crippen molar-refractivity contribution in [3.8, 4) is 0 Å². The van der Waals surface area contributed by atoms with Gasteiger partial charge in [-0.05, 0) is 11.1 Å². The molecule has 0 saturated heterocycles. The molecule has 2 atom stereocenters. The lowest BCUT2D eigenvalue weighted by molar-refractivity contribution is 0.248. The molecule has 0 amide bonds. The predicted molar refractivity (Wildman–Crippen MR) is 107 cm³/mol. The van der Waals surface area contributed by atoms with Crippen LogP contribution in [0, 0.1) is 0 Å². The van der Waals surface area contributed by atoms with Crippen molar-refractivity contribution in [2.75, 3.05) is 12.3 Å². The van der Waals surface area contributed by atoms with Crippen molar-refractivity contribution in [2.24, 2.45) is 0 Å². The Labute approximate surface area is 155 Å². The van der Waals surface area contributed by atoms with Gasteiger partial charge in [0, 0.05) is 25.4 Å². The molecule has 0 radical (unpaired) electrons. The minimum Gasteiger partial charge on any atom is -0.343 e. The minimum atomic E-state index is -3.84. The van der Waals surface area contributed by atoms with Gasteiger partial charge >= 0.3 is 0 Å². The first-order valence-corrected chi connectivity index (χ1v) is 12.6. The molecule has 0 aromatic heterocycles. The Balaban J connectivity index is 2.47. The molecule has 142 valence electrons. The van der Waals surface area contributed by atoms with Gasteiger partial charge in [0.2, 0.25) is 14.7 Å². The Morgan fingerprint density at radius 1 is 0.769 bits per heavy atom. The summed E-state index contributed by atoms with van der Waals surface area (Å²) in [6, 6.07) is 19.0. The Bertz CT molecular complexity index is 717. The lowest BCUT2D eigenvalue weighted by Crippen LogP contribution is -2.35. The van der Waals surface area contributed by atoms with E-state index in [-0.39, 0.29) is 12.3 Å². The van der Waals surface area contributed by atoms with E-state index in [1.165, 1.54) is 0 Å². The largest absolute Gasteiger partial charge is 0.343 e. The van der Waals surface area contributed by atoms with Crippen molar-refractivity contribution in [3.63, 3.8) is 0 Å². The maximum Gasteiger partial charge on any atom is 0.226 e. The van der Waals surface area contributed by atoms with Crippen molar-refractivity contribution < 1.29 is 18.9 Å². The van der Waals surface area contributed by atoms with Crippen LogP contribution >= 0.6 is 14.7 Å². The van der Waals surface area contributed by atoms with E-state index in [1.807, 2.05) is 60.7 Å². The van der Waals surface area contributed by atoms with Crippen molar-refractivity contribution in [1.82, 2.24) is 4.90 Å². The summed E-state index contributed by atoms with van der Waals surface area (Å²) in [5.41, 5.74) is 0.590.